The zero-order chi connectivity index (χ0) is 24.7. The number of piperazine rings is 1. The molecule has 1 aliphatic carbocycles. The van der Waals surface area contributed by atoms with Gasteiger partial charge >= 0.3 is 0 Å². The van der Waals surface area contributed by atoms with Gasteiger partial charge in [-0.2, -0.15) is 0 Å². The van der Waals surface area contributed by atoms with E-state index in [1.807, 2.05) is 24.3 Å². The summed E-state index contributed by atoms with van der Waals surface area (Å²) in [5.41, 5.74) is 16.0. The quantitative estimate of drug-likeness (QED) is 0.366. The van der Waals surface area contributed by atoms with Crippen molar-refractivity contribution in [3.05, 3.63) is 75.8 Å². The molecule has 1 heterocycles. The normalized spacial score (nSPS) is 14.3. The first-order valence-corrected chi connectivity index (χ1v) is 12.6. The van der Waals surface area contributed by atoms with Crippen LogP contribution in [0.3, 0.4) is 0 Å². The molecule has 5 nitrogen and oxygen atoms in total. The number of fused-ring (bicyclic) bond motifs is 3. The van der Waals surface area contributed by atoms with Crippen LogP contribution in [0, 0.1) is 13.8 Å². The third kappa shape index (κ3) is 4.10. The molecule has 2 aliphatic rings. The minimum Gasteiger partial charge on any atom is -0.368 e. The highest BCUT2D eigenvalue weighted by molar-refractivity contribution is 6.27. The van der Waals surface area contributed by atoms with Gasteiger partial charge in [0.1, 0.15) is 0 Å². The van der Waals surface area contributed by atoms with Gasteiger partial charge < -0.3 is 16.0 Å². The maximum absolute atomic E-state index is 13.9. The number of hydrogen-bond acceptors (Lipinski definition) is 4. The standard InChI is InChI=1S/C30H33N3O2.ClH/c1-4-5-10-23-26-24(21-11-6-7-12-22(21)29(26)34)25(20-13-8-9-18(2)19(20)3)28(27(23)30(31)35)33-16-14-32-15-17-33;/h6-9,11-13,32H,4-5,10,14-17H2,1-3H3,(H2,31,35);1H. The molecule has 3 aromatic rings. The smallest absolute Gasteiger partial charge is 0.251 e. The fraction of sp³-hybridized carbons (Fsp3) is 0.333. The highest BCUT2D eigenvalue weighted by Crippen LogP contribution is 2.52. The van der Waals surface area contributed by atoms with E-state index in [2.05, 4.69) is 49.2 Å². The number of hydrogen-bond donors (Lipinski definition) is 2. The lowest BCUT2D eigenvalue weighted by Crippen LogP contribution is -2.44. The zero-order valence-electron chi connectivity index (χ0n) is 21.2. The van der Waals surface area contributed by atoms with Crippen LogP contribution in [0.1, 0.15) is 62.7 Å². The molecule has 0 bridgehead atoms. The first-order chi connectivity index (χ1) is 17.0. The summed E-state index contributed by atoms with van der Waals surface area (Å²) < 4.78 is 0. The lowest BCUT2D eigenvalue weighted by molar-refractivity contribution is 0.0999. The van der Waals surface area contributed by atoms with Gasteiger partial charge in [0.2, 0.25) is 0 Å². The van der Waals surface area contributed by atoms with E-state index in [4.69, 9.17) is 5.73 Å². The first-order valence-electron chi connectivity index (χ1n) is 12.6. The lowest BCUT2D eigenvalue weighted by atomic mass is 9.82. The number of primary amides is 1. The summed E-state index contributed by atoms with van der Waals surface area (Å²) in [6.45, 7) is 9.58. The molecule has 0 spiro atoms. The van der Waals surface area contributed by atoms with E-state index in [0.717, 1.165) is 78.1 Å². The predicted molar refractivity (Wildman–Crippen MR) is 150 cm³/mol. The molecule has 0 radical (unpaired) electrons. The molecule has 0 saturated carbocycles. The summed E-state index contributed by atoms with van der Waals surface area (Å²) in [5.74, 6) is -0.453. The average Bonchev–Trinajstić information content (AvgIpc) is 3.17. The number of amides is 1. The van der Waals surface area contributed by atoms with Gasteiger partial charge in [-0.25, -0.2) is 0 Å². The van der Waals surface area contributed by atoms with E-state index in [1.54, 1.807) is 0 Å². The summed E-state index contributed by atoms with van der Waals surface area (Å²) in [7, 11) is 0. The second kappa shape index (κ2) is 10.5. The number of benzene rings is 3. The summed E-state index contributed by atoms with van der Waals surface area (Å²) in [4.78, 5) is 29.4. The topological polar surface area (TPSA) is 75.4 Å². The van der Waals surface area contributed by atoms with Crippen molar-refractivity contribution in [3.63, 3.8) is 0 Å². The Morgan fingerprint density at radius 2 is 1.61 bits per heavy atom. The fourth-order valence-corrected chi connectivity index (χ4v) is 5.70. The van der Waals surface area contributed by atoms with Crippen LogP contribution in [0.5, 0.6) is 0 Å². The largest absolute Gasteiger partial charge is 0.368 e. The third-order valence-electron chi connectivity index (χ3n) is 7.58. The zero-order valence-corrected chi connectivity index (χ0v) is 22.1. The number of carbonyl (C=O) groups excluding carboxylic acids is 2. The Morgan fingerprint density at radius 1 is 0.944 bits per heavy atom. The van der Waals surface area contributed by atoms with Crippen LogP contribution < -0.4 is 16.0 Å². The Hall–Kier alpha value is -3.15. The number of rotatable bonds is 6. The highest BCUT2D eigenvalue weighted by atomic mass is 35.5. The monoisotopic (exact) mass is 503 g/mol. The molecule has 0 unspecified atom stereocenters. The fourth-order valence-electron chi connectivity index (χ4n) is 5.70. The number of unbranched alkanes of at least 4 members (excludes halogenated alkanes) is 1. The number of nitrogens with zero attached hydrogens (tertiary/aromatic N) is 1. The molecule has 1 fully saturated rings. The van der Waals surface area contributed by atoms with Crippen molar-refractivity contribution >= 4 is 29.8 Å². The average molecular weight is 504 g/mol. The van der Waals surface area contributed by atoms with Crippen molar-refractivity contribution in [3.8, 4) is 22.3 Å². The molecule has 0 aromatic heterocycles. The van der Waals surface area contributed by atoms with Crippen LogP contribution in [0.2, 0.25) is 0 Å². The van der Waals surface area contributed by atoms with Gasteiger partial charge in [0.15, 0.2) is 5.78 Å². The molecule has 1 saturated heterocycles. The summed E-state index contributed by atoms with van der Waals surface area (Å²) >= 11 is 0. The molecule has 3 aromatic carbocycles. The summed E-state index contributed by atoms with van der Waals surface area (Å²) in [6.07, 6.45) is 2.51. The molecule has 1 amide bonds. The van der Waals surface area contributed by atoms with Crippen molar-refractivity contribution in [2.45, 2.75) is 40.0 Å². The molecular weight excluding hydrogens is 470 g/mol. The van der Waals surface area contributed by atoms with E-state index < -0.39 is 5.91 Å². The van der Waals surface area contributed by atoms with E-state index >= 15 is 0 Å². The van der Waals surface area contributed by atoms with Crippen molar-refractivity contribution in [2.24, 2.45) is 5.73 Å². The molecule has 5 rings (SSSR count). The number of anilines is 1. The number of ketones is 1. The molecule has 188 valence electrons. The van der Waals surface area contributed by atoms with Crippen LogP contribution in [0.15, 0.2) is 42.5 Å². The Labute approximate surface area is 219 Å². The van der Waals surface area contributed by atoms with E-state index in [1.165, 1.54) is 5.56 Å². The van der Waals surface area contributed by atoms with Gasteiger partial charge in [0.25, 0.3) is 5.91 Å². The van der Waals surface area contributed by atoms with Gasteiger partial charge in [-0.15, -0.1) is 12.4 Å². The number of carbonyl (C=O) groups is 2. The van der Waals surface area contributed by atoms with Crippen LogP contribution in [0.25, 0.3) is 22.3 Å². The Morgan fingerprint density at radius 3 is 2.28 bits per heavy atom. The molecule has 6 heteroatoms. The van der Waals surface area contributed by atoms with Crippen LogP contribution in [-0.2, 0) is 6.42 Å². The van der Waals surface area contributed by atoms with E-state index in [0.29, 0.717) is 23.1 Å². The molecule has 3 N–H and O–H groups in total. The molecule has 1 aliphatic heterocycles. The summed E-state index contributed by atoms with van der Waals surface area (Å²) in [6, 6.07) is 14.1. The maximum atomic E-state index is 13.9. The van der Waals surface area contributed by atoms with Gasteiger partial charge in [0.05, 0.1) is 11.3 Å². The lowest BCUT2D eigenvalue weighted by Gasteiger charge is -2.35. The minimum absolute atomic E-state index is 0. The minimum atomic E-state index is -0.456. The third-order valence-corrected chi connectivity index (χ3v) is 7.58. The number of halogens is 1. The summed E-state index contributed by atoms with van der Waals surface area (Å²) in [5, 5.41) is 3.42. The number of aryl methyl sites for hydroxylation is 1. The first kappa shape index (κ1) is 25.9. The van der Waals surface area contributed by atoms with Crippen LogP contribution >= 0.6 is 12.4 Å². The predicted octanol–water partition coefficient (Wildman–Crippen LogP) is 5.45. The SMILES string of the molecule is CCCCc1c2c(c(-c3cccc(C)c3C)c(N3CCNCC3)c1C(N)=O)-c1ccccc1C2=O.Cl. The maximum Gasteiger partial charge on any atom is 0.251 e. The van der Waals surface area contributed by atoms with E-state index in [9.17, 15) is 9.59 Å². The number of nitrogens with two attached hydrogens (primary N) is 1. The second-order valence-electron chi connectivity index (χ2n) is 9.65. The van der Waals surface area contributed by atoms with Crippen molar-refractivity contribution in [1.82, 2.24) is 5.32 Å². The van der Waals surface area contributed by atoms with Crippen LogP contribution in [-0.4, -0.2) is 37.9 Å². The molecule has 0 atom stereocenters. The van der Waals surface area contributed by atoms with Crippen molar-refractivity contribution in [2.75, 3.05) is 31.1 Å². The van der Waals surface area contributed by atoms with Crippen LogP contribution in [0.4, 0.5) is 5.69 Å². The van der Waals surface area contributed by atoms with Crippen molar-refractivity contribution in [1.29, 1.82) is 0 Å². The molecule has 36 heavy (non-hydrogen) atoms. The van der Waals surface area contributed by atoms with Gasteiger partial charge in [-0.05, 0) is 54.5 Å². The molecular formula is C30H34ClN3O2. The highest BCUT2D eigenvalue weighted by Gasteiger charge is 2.38. The van der Waals surface area contributed by atoms with Crippen molar-refractivity contribution < 1.29 is 9.59 Å². The Balaban J connectivity index is 0.00000304. The second-order valence-corrected chi connectivity index (χ2v) is 9.65. The Bertz CT molecular complexity index is 1340. The van der Waals surface area contributed by atoms with Gasteiger partial charge in [-0.3, -0.25) is 9.59 Å². The number of nitrogens with one attached hydrogen (secondary N) is 1. The van der Waals surface area contributed by atoms with Gasteiger partial charge in [-0.1, -0.05) is 55.8 Å². The van der Waals surface area contributed by atoms with E-state index in [-0.39, 0.29) is 18.2 Å². The van der Waals surface area contributed by atoms with Gasteiger partial charge in [0, 0.05) is 48.4 Å². The Kier molecular flexibility index (Phi) is 7.53.